The standard InChI is InChI=1S/C12H12FN3O/c13-10-4-1-5-11(7-10)15-16-6-2-3-9(8-16)12(14)17/h1-5,7-8,15H,6H2,(H2,14,17). The van der Waals surface area contributed by atoms with Gasteiger partial charge in [-0.25, -0.2) is 4.39 Å². The van der Waals surface area contributed by atoms with Gasteiger partial charge in [0.2, 0.25) is 5.91 Å². The fraction of sp³-hybridized carbons (Fsp3) is 0.0833. The van der Waals surface area contributed by atoms with E-state index in [9.17, 15) is 9.18 Å². The van der Waals surface area contributed by atoms with Crippen LogP contribution in [0.25, 0.3) is 0 Å². The molecular formula is C12H12FN3O. The minimum absolute atomic E-state index is 0.318. The van der Waals surface area contributed by atoms with Crippen molar-refractivity contribution in [1.29, 1.82) is 0 Å². The molecule has 0 fully saturated rings. The summed E-state index contributed by atoms with van der Waals surface area (Å²) >= 11 is 0. The lowest BCUT2D eigenvalue weighted by atomic mass is 10.2. The molecule has 0 atom stereocenters. The van der Waals surface area contributed by atoms with Gasteiger partial charge in [-0.3, -0.25) is 15.2 Å². The summed E-state index contributed by atoms with van der Waals surface area (Å²) < 4.78 is 13.0. The highest BCUT2D eigenvalue weighted by atomic mass is 19.1. The third-order valence-electron chi connectivity index (χ3n) is 2.28. The lowest BCUT2D eigenvalue weighted by Gasteiger charge is -2.24. The summed E-state index contributed by atoms with van der Waals surface area (Å²) in [5.41, 5.74) is 9.15. The molecule has 17 heavy (non-hydrogen) atoms. The molecule has 4 nitrogen and oxygen atoms in total. The van der Waals surface area contributed by atoms with Gasteiger partial charge in [0.15, 0.2) is 0 Å². The molecular weight excluding hydrogens is 221 g/mol. The monoisotopic (exact) mass is 233 g/mol. The van der Waals surface area contributed by atoms with Gasteiger partial charge in [0.1, 0.15) is 5.82 Å². The quantitative estimate of drug-likeness (QED) is 0.829. The number of anilines is 1. The minimum atomic E-state index is -0.494. The third-order valence-corrected chi connectivity index (χ3v) is 2.28. The summed E-state index contributed by atoms with van der Waals surface area (Å²) in [6.45, 7) is 0.577. The Hall–Kier alpha value is -2.30. The Morgan fingerprint density at radius 2 is 2.29 bits per heavy atom. The van der Waals surface area contributed by atoms with Crippen LogP contribution in [0, 0.1) is 5.82 Å². The zero-order valence-corrected chi connectivity index (χ0v) is 9.06. The molecule has 2 rings (SSSR count). The van der Waals surface area contributed by atoms with E-state index in [1.54, 1.807) is 35.5 Å². The molecule has 1 aromatic carbocycles. The maximum Gasteiger partial charge on any atom is 0.250 e. The van der Waals surface area contributed by atoms with Gasteiger partial charge < -0.3 is 5.73 Å². The first-order chi connectivity index (χ1) is 8.15. The van der Waals surface area contributed by atoms with E-state index in [0.29, 0.717) is 17.8 Å². The number of halogens is 1. The number of nitrogens with two attached hydrogens (primary N) is 1. The highest BCUT2D eigenvalue weighted by molar-refractivity contribution is 5.94. The maximum absolute atomic E-state index is 13.0. The number of carbonyl (C=O) groups is 1. The first-order valence-corrected chi connectivity index (χ1v) is 5.12. The van der Waals surface area contributed by atoms with Gasteiger partial charge in [0.25, 0.3) is 0 Å². The Morgan fingerprint density at radius 1 is 1.47 bits per heavy atom. The lowest BCUT2D eigenvalue weighted by molar-refractivity contribution is -0.114. The Morgan fingerprint density at radius 3 is 3.00 bits per heavy atom. The van der Waals surface area contributed by atoms with E-state index >= 15 is 0 Å². The van der Waals surface area contributed by atoms with Gasteiger partial charge >= 0.3 is 0 Å². The van der Waals surface area contributed by atoms with Crippen molar-refractivity contribution in [1.82, 2.24) is 5.01 Å². The minimum Gasteiger partial charge on any atom is -0.366 e. The fourth-order valence-electron chi connectivity index (χ4n) is 1.50. The molecule has 1 aliphatic heterocycles. The van der Waals surface area contributed by atoms with Crippen LogP contribution in [-0.2, 0) is 4.79 Å². The van der Waals surface area contributed by atoms with Crippen LogP contribution in [-0.4, -0.2) is 17.5 Å². The number of primary amides is 1. The first-order valence-electron chi connectivity index (χ1n) is 5.12. The molecule has 0 aromatic heterocycles. The van der Waals surface area contributed by atoms with E-state index in [2.05, 4.69) is 5.43 Å². The van der Waals surface area contributed by atoms with Crippen molar-refractivity contribution in [3.05, 3.63) is 54.0 Å². The summed E-state index contributed by atoms with van der Waals surface area (Å²) in [6.07, 6.45) is 5.05. The SMILES string of the molecule is NC(=O)C1=CN(Nc2cccc(F)c2)CC=C1. The van der Waals surface area contributed by atoms with Crippen LogP contribution in [0.1, 0.15) is 0 Å². The van der Waals surface area contributed by atoms with Crippen LogP contribution in [0.2, 0.25) is 0 Å². The summed E-state index contributed by atoms with van der Waals surface area (Å²) in [6, 6.07) is 6.08. The number of hydrogen-bond acceptors (Lipinski definition) is 3. The molecule has 5 heteroatoms. The molecule has 1 aromatic rings. The van der Waals surface area contributed by atoms with Gasteiger partial charge in [-0.15, -0.1) is 0 Å². The second-order valence-corrected chi connectivity index (χ2v) is 3.63. The van der Waals surface area contributed by atoms with Crippen LogP contribution in [0.15, 0.2) is 48.2 Å². The molecule has 0 spiro atoms. The number of nitrogens with zero attached hydrogens (tertiary/aromatic N) is 1. The largest absolute Gasteiger partial charge is 0.366 e. The van der Waals surface area contributed by atoms with Gasteiger partial charge in [-0.2, -0.15) is 0 Å². The normalized spacial score (nSPS) is 14.4. The number of carbonyl (C=O) groups excluding carboxylic acids is 1. The lowest BCUT2D eigenvalue weighted by Crippen LogP contribution is -2.29. The van der Waals surface area contributed by atoms with Crippen molar-refractivity contribution in [2.75, 3.05) is 12.0 Å². The smallest absolute Gasteiger partial charge is 0.250 e. The Kier molecular flexibility index (Phi) is 3.09. The molecule has 0 saturated carbocycles. The molecule has 0 unspecified atom stereocenters. The number of amides is 1. The summed E-state index contributed by atoms with van der Waals surface area (Å²) in [4.78, 5) is 11.0. The average Bonchev–Trinajstić information content (AvgIpc) is 2.29. The predicted octanol–water partition coefficient (Wildman–Crippen LogP) is 1.39. The number of hydrazine groups is 1. The molecule has 0 aliphatic carbocycles. The van der Waals surface area contributed by atoms with E-state index in [1.807, 2.05) is 0 Å². The van der Waals surface area contributed by atoms with E-state index in [1.165, 1.54) is 12.1 Å². The Labute approximate surface area is 98.2 Å². The molecule has 0 radical (unpaired) electrons. The Bertz CT molecular complexity index is 496. The van der Waals surface area contributed by atoms with Crippen LogP contribution < -0.4 is 11.2 Å². The molecule has 1 aliphatic rings. The topological polar surface area (TPSA) is 58.4 Å². The highest BCUT2D eigenvalue weighted by Gasteiger charge is 2.09. The van der Waals surface area contributed by atoms with Gasteiger partial charge in [0, 0.05) is 6.20 Å². The van der Waals surface area contributed by atoms with Crippen molar-refractivity contribution >= 4 is 11.6 Å². The summed E-state index contributed by atoms with van der Waals surface area (Å²) in [5, 5.41) is 1.66. The van der Waals surface area contributed by atoms with Gasteiger partial charge in [-0.1, -0.05) is 18.2 Å². The van der Waals surface area contributed by atoms with Crippen molar-refractivity contribution in [3.8, 4) is 0 Å². The van der Waals surface area contributed by atoms with Crippen LogP contribution >= 0.6 is 0 Å². The number of hydrogen-bond donors (Lipinski definition) is 2. The van der Waals surface area contributed by atoms with E-state index in [0.717, 1.165) is 0 Å². The number of rotatable bonds is 3. The second-order valence-electron chi connectivity index (χ2n) is 3.63. The molecule has 1 amide bonds. The molecule has 0 saturated heterocycles. The summed E-state index contributed by atoms with van der Waals surface area (Å²) in [7, 11) is 0. The maximum atomic E-state index is 13.0. The summed E-state index contributed by atoms with van der Waals surface area (Å²) in [5.74, 6) is -0.811. The third kappa shape index (κ3) is 2.84. The molecule has 0 bridgehead atoms. The van der Waals surface area contributed by atoms with Crippen molar-refractivity contribution in [3.63, 3.8) is 0 Å². The van der Waals surface area contributed by atoms with E-state index in [-0.39, 0.29) is 5.82 Å². The fourth-order valence-corrected chi connectivity index (χ4v) is 1.50. The number of benzene rings is 1. The van der Waals surface area contributed by atoms with Crippen LogP contribution in [0.3, 0.4) is 0 Å². The average molecular weight is 233 g/mol. The van der Waals surface area contributed by atoms with Gasteiger partial charge in [0.05, 0.1) is 17.8 Å². The first kappa shape index (κ1) is 11.2. The molecule has 88 valence electrons. The van der Waals surface area contributed by atoms with Crippen LogP contribution in [0.4, 0.5) is 10.1 Å². The van der Waals surface area contributed by atoms with Crippen molar-refractivity contribution in [2.24, 2.45) is 5.73 Å². The van der Waals surface area contributed by atoms with Crippen molar-refractivity contribution < 1.29 is 9.18 Å². The van der Waals surface area contributed by atoms with E-state index in [4.69, 9.17) is 5.73 Å². The zero-order chi connectivity index (χ0) is 12.3. The molecule has 3 N–H and O–H groups in total. The second kappa shape index (κ2) is 4.69. The molecule has 1 heterocycles. The van der Waals surface area contributed by atoms with E-state index < -0.39 is 5.91 Å². The zero-order valence-electron chi connectivity index (χ0n) is 9.06. The Balaban J connectivity index is 2.10. The number of nitrogens with one attached hydrogen (secondary N) is 1. The van der Waals surface area contributed by atoms with Crippen molar-refractivity contribution in [2.45, 2.75) is 0 Å². The predicted molar refractivity (Wildman–Crippen MR) is 63.1 cm³/mol. The highest BCUT2D eigenvalue weighted by Crippen LogP contribution is 2.13. The van der Waals surface area contributed by atoms with Gasteiger partial charge in [-0.05, 0) is 18.2 Å². The van der Waals surface area contributed by atoms with Crippen LogP contribution in [0.5, 0.6) is 0 Å².